The van der Waals surface area contributed by atoms with E-state index in [1.54, 1.807) is 0 Å². The van der Waals surface area contributed by atoms with E-state index in [2.05, 4.69) is 6.08 Å². The molecule has 1 aliphatic rings. The van der Waals surface area contributed by atoms with Crippen LogP contribution in [0.4, 0.5) is 0 Å². The summed E-state index contributed by atoms with van der Waals surface area (Å²) in [4.78, 5) is 0. The minimum atomic E-state index is -0.395. The Morgan fingerprint density at radius 3 is 1.92 bits per heavy atom. The Bertz CT molecular complexity index is 147. The van der Waals surface area contributed by atoms with Crippen LogP contribution in [-0.2, 0) is 21.7 Å². The maximum absolute atomic E-state index is 5.50. The zero-order valence-corrected chi connectivity index (χ0v) is 11.4. The summed E-state index contributed by atoms with van der Waals surface area (Å²) in [5.74, 6) is 0. The first-order valence-corrected chi connectivity index (χ1v) is 3.23. The zero-order valence-electron chi connectivity index (χ0n) is 5.92. The average molecular weight is 303 g/mol. The van der Waals surface area contributed by atoms with Crippen molar-refractivity contribution in [3.8, 4) is 0 Å². The van der Waals surface area contributed by atoms with Crippen molar-refractivity contribution < 1.29 is 21.7 Å². The van der Waals surface area contributed by atoms with Gasteiger partial charge in [-0.25, -0.2) is 11.5 Å². The second-order valence-corrected chi connectivity index (χ2v) is 2.64. The van der Waals surface area contributed by atoms with Crippen LogP contribution in [0.2, 0.25) is 0 Å². The van der Waals surface area contributed by atoms with E-state index in [9.17, 15) is 0 Å². The Hall–Kier alpha value is 1.71. The van der Waals surface area contributed by atoms with Gasteiger partial charge in [-0.05, 0) is 0 Å². The molecule has 0 aromatic rings. The third kappa shape index (κ3) is 8.31. The summed E-state index contributed by atoms with van der Waals surface area (Å²) in [5.41, 5.74) is 0.502. The van der Waals surface area contributed by atoms with Crippen LogP contribution in [0, 0.1) is 6.08 Å². The van der Waals surface area contributed by atoms with Crippen molar-refractivity contribution in [3.63, 3.8) is 0 Å². The zero-order chi connectivity index (χ0) is 5.98. The van der Waals surface area contributed by atoms with Crippen LogP contribution in [0.3, 0.4) is 0 Å². The molecule has 1 rings (SSSR count). The van der Waals surface area contributed by atoms with Crippen molar-refractivity contribution >= 4 is 65.7 Å². The number of hydrogen-bond acceptors (Lipinski definition) is 0. The molecule has 0 atom stereocenters. The third-order valence-corrected chi connectivity index (χ3v) is 1.43. The Kier molecular flexibility index (Phi) is 24.9. The van der Waals surface area contributed by atoms with Crippen LogP contribution in [0.25, 0.3) is 0 Å². The molecule has 0 heterocycles. The standard InChI is InChI=1S/C5H4BCl2.3ClH.Ti/c7-6(8)5-3-1-2-4-5;;;;/h1,3H,2H2;3*1H;/q-1;;;;. The van der Waals surface area contributed by atoms with E-state index in [4.69, 9.17) is 22.9 Å². The molecule has 0 nitrogen and oxygen atoms in total. The molecule has 0 unspecified atom stereocenters. The van der Waals surface area contributed by atoms with E-state index in [0.29, 0.717) is 0 Å². The van der Waals surface area contributed by atoms with Crippen LogP contribution in [0.5, 0.6) is 0 Å². The van der Waals surface area contributed by atoms with Crippen molar-refractivity contribution in [1.82, 2.24) is 0 Å². The van der Waals surface area contributed by atoms with E-state index in [1.165, 1.54) is 0 Å². The summed E-state index contributed by atoms with van der Waals surface area (Å²) in [5, 5.41) is 0. The molecule has 0 fully saturated rings. The van der Waals surface area contributed by atoms with E-state index in [-0.39, 0.29) is 58.9 Å². The second-order valence-electron chi connectivity index (χ2n) is 1.54. The van der Waals surface area contributed by atoms with Gasteiger partial charge in [-0.2, -0.15) is 29.0 Å². The van der Waals surface area contributed by atoms with Crippen molar-refractivity contribution in [2.75, 3.05) is 0 Å². The number of hydrogen-bond donors (Lipinski definition) is 0. The monoisotopic (exact) mass is 301 g/mol. The molecule has 0 spiro atoms. The molecule has 1 aliphatic carbocycles. The summed E-state index contributed by atoms with van der Waals surface area (Å²) >= 11 is 11.0. The van der Waals surface area contributed by atoms with Gasteiger partial charge in [0.15, 0.2) is 0 Å². The molecule has 0 saturated heterocycles. The molecule has 0 radical (unpaired) electrons. The molecule has 70 valence electrons. The summed E-state index contributed by atoms with van der Waals surface area (Å²) in [6.07, 6.45) is 7.72. The summed E-state index contributed by atoms with van der Waals surface area (Å²) in [6, 6.07) is 0. The molecule has 0 aliphatic heterocycles. The first-order chi connectivity index (χ1) is 3.80. The predicted octanol–water partition coefficient (Wildman–Crippen LogP) is 3.44. The minimum Gasteiger partial charge on any atom is -0.276 e. The maximum Gasteiger partial charge on any atom is 0.347 e. The Morgan fingerprint density at radius 1 is 1.25 bits per heavy atom. The van der Waals surface area contributed by atoms with E-state index < -0.39 is 5.54 Å². The Labute approximate surface area is 117 Å². The fourth-order valence-electron chi connectivity index (χ4n) is 0.571. The molecule has 12 heavy (non-hydrogen) atoms. The van der Waals surface area contributed by atoms with Crippen LogP contribution >= 0.6 is 60.1 Å². The van der Waals surface area contributed by atoms with Crippen LogP contribution in [0.15, 0.2) is 17.6 Å². The van der Waals surface area contributed by atoms with Crippen LogP contribution in [-0.4, -0.2) is 5.54 Å². The largest absolute Gasteiger partial charge is 0.347 e. The van der Waals surface area contributed by atoms with Gasteiger partial charge in [-0.1, -0.05) is 0 Å². The Morgan fingerprint density at radius 2 is 1.75 bits per heavy atom. The summed E-state index contributed by atoms with van der Waals surface area (Å²) in [6.45, 7) is 0. The van der Waals surface area contributed by atoms with Crippen molar-refractivity contribution in [3.05, 3.63) is 23.7 Å². The quantitative estimate of drug-likeness (QED) is 0.514. The van der Waals surface area contributed by atoms with Gasteiger partial charge in [0.25, 0.3) is 0 Å². The predicted molar refractivity (Wildman–Crippen MR) is 59.7 cm³/mol. The van der Waals surface area contributed by atoms with Crippen molar-refractivity contribution in [1.29, 1.82) is 0 Å². The fourth-order valence-corrected chi connectivity index (χ4v) is 0.871. The smallest absolute Gasteiger partial charge is 0.276 e. The molecule has 0 aromatic carbocycles. The average Bonchev–Trinajstić information content (AvgIpc) is 2.12. The molecular weight excluding hydrogens is 296 g/mol. The molecule has 0 N–H and O–H groups in total. The Balaban J connectivity index is -0.0000000800. The summed E-state index contributed by atoms with van der Waals surface area (Å²) < 4.78 is 0. The molecule has 7 heteroatoms. The minimum absolute atomic E-state index is 0. The first-order valence-electron chi connectivity index (χ1n) is 2.36. The SMILES string of the molecule is Cl.Cl.Cl.ClB(Cl)C1=[C-]CC=C1.[Ti]. The van der Waals surface area contributed by atoms with Gasteiger partial charge in [0.2, 0.25) is 0 Å². The van der Waals surface area contributed by atoms with Crippen LogP contribution < -0.4 is 0 Å². The van der Waals surface area contributed by atoms with Gasteiger partial charge in [0, 0.05) is 21.7 Å². The van der Waals surface area contributed by atoms with Gasteiger partial charge < -0.3 is 0 Å². The van der Waals surface area contributed by atoms with Crippen molar-refractivity contribution in [2.24, 2.45) is 0 Å². The molecule has 0 amide bonds. The fraction of sp³-hybridized carbons (Fsp3) is 0.200. The third-order valence-electron chi connectivity index (χ3n) is 0.957. The maximum atomic E-state index is 5.50. The molecule has 0 saturated carbocycles. The second kappa shape index (κ2) is 12.7. The summed E-state index contributed by atoms with van der Waals surface area (Å²) in [7, 11) is 0. The van der Waals surface area contributed by atoms with Gasteiger partial charge in [-0.15, -0.1) is 43.6 Å². The molecule has 0 bridgehead atoms. The number of halogens is 5. The van der Waals surface area contributed by atoms with E-state index >= 15 is 0 Å². The normalized spacial score (nSPS) is 11.0. The van der Waals surface area contributed by atoms with Gasteiger partial charge in [0.1, 0.15) is 0 Å². The van der Waals surface area contributed by atoms with Gasteiger partial charge in [0.05, 0.1) is 0 Å². The molecular formula is C5H7BCl5Ti-. The van der Waals surface area contributed by atoms with Crippen molar-refractivity contribution in [2.45, 2.75) is 6.42 Å². The number of rotatable bonds is 1. The first kappa shape index (κ1) is 23.5. The van der Waals surface area contributed by atoms with E-state index in [1.807, 2.05) is 12.2 Å². The number of allylic oxidation sites excluding steroid dienone is 4. The van der Waals surface area contributed by atoms with Crippen LogP contribution in [0.1, 0.15) is 6.42 Å². The van der Waals surface area contributed by atoms with Gasteiger partial charge >= 0.3 is 5.54 Å². The molecule has 0 aromatic heterocycles. The van der Waals surface area contributed by atoms with E-state index in [0.717, 1.165) is 11.9 Å². The van der Waals surface area contributed by atoms with Gasteiger partial charge in [-0.3, -0.25) is 6.08 Å². The topological polar surface area (TPSA) is 0 Å².